The molecule has 1 saturated heterocycles. The Kier molecular flexibility index (Phi) is 3.89. The first-order valence-electron chi connectivity index (χ1n) is 6.84. The fourth-order valence-electron chi connectivity index (χ4n) is 2.19. The molecular weight excluding hydrogens is 311 g/mol. The van der Waals surface area contributed by atoms with Crippen LogP contribution in [-0.2, 0) is 6.18 Å². The molecule has 0 aromatic carbocycles. The number of pyridine rings is 2. The first kappa shape index (κ1) is 15.3. The maximum atomic E-state index is 12.9. The number of rotatable bonds is 3. The molecule has 0 saturated carbocycles. The van der Waals surface area contributed by atoms with Crippen molar-refractivity contribution in [2.24, 2.45) is 0 Å². The zero-order chi connectivity index (χ0) is 16.4. The van der Waals surface area contributed by atoms with E-state index < -0.39 is 23.7 Å². The van der Waals surface area contributed by atoms with Gasteiger partial charge in [-0.15, -0.1) is 0 Å². The van der Waals surface area contributed by atoms with Crippen LogP contribution in [0, 0.1) is 0 Å². The topological polar surface area (TPSA) is 55.3 Å². The number of halogens is 3. The number of carbonyl (C=O) groups excluding carboxylic acids is 1. The number of hydrogen-bond acceptors (Lipinski definition) is 4. The molecule has 1 fully saturated rings. The molecule has 1 aliphatic heterocycles. The van der Waals surface area contributed by atoms with Crippen LogP contribution < -0.4 is 4.74 Å². The Balaban J connectivity index is 1.62. The van der Waals surface area contributed by atoms with Gasteiger partial charge in [-0.1, -0.05) is 6.07 Å². The van der Waals surface area contributed by atoms with Crippen LogP contribution in [0.15, 0.2) is 42.7 Å². The van der Waals surface area contributed by atoms with Gasteiger partial charge in [-0.2, -0.15) is 13.2 Å². The lowest BCUT2D eigenvalue weighted by Gasteiger charge is -2.38. The first-order chi connectivity index (χ1) is 10.9. The van der Waals surface area contributed by atoms with E-state index in [4.69, 9.17) is 4.74 Å². The van der Waals surface area contributed by atoms with Crippen LogP contribution in [0.25, 0.3) is 0 Å². The van der Waals surface area contributed by atoms with Gasteiger partial charge in [0.05, 0.1) is 13.1 Å². The minimum Gasteiger partial charge on any atom is -0.470 e. The Hall–Kier alpha value is -2.64. The fourth-order valence-corrected chi connectivity index (χ4v) is 2.19. The molecule has 0 N–H and O–H groups in total. The monoisotopic (exact) mass is 323 g/mol. The van der Waals surface area contributed by atoms with E-state index in [1.165, 1.54) is 23.4 Å². The van der Waals surface area contributed by atoms with E-state index in [9.17, 15) is 18.0 Å². The number of nitrogens with zero attached hydrogens (tertiary/aromatic N) is 3. The van der Waals surface area contributed by atoms with Crippen LogP contribution in [0.4, 0.5) is 13.2 Å². The maximum Gasteiger partial charge on any atom is 0.421 e. The summed E-state index contributed by atoms with van der Waals surface area (Å²) >= 11 is 0. The number of likely N-dealkylation sites (tertiary alicyclic amines) is 1. The van der Waals surface area contributed by atoms with Crippen molar-refractivity contribution in [2.75, 3.05) is 13.1 Å². The predicted molar refractivity (Wildman–Crippen MR) is 73.8 cm³/mol. The molecule has 2 aromatic heterocycles. The van der Waals surface area contributed by atoms with E-state index in [-0.39, 0.29) is 19.0 Å². The summed E-state index contributed by atoms with van der Waals surface area (Å²) in [7, 11) is 0. The molecule has 0 radical (unpaired) electrons. The van der Waals surface area contributed by atoms with Gasteiger partial charge in [0.1, 0.15) is 17.4 Å². The van der Waals surface area contributed by atoms with Crippen molar-refractivity contribution in [3.8, 4) is 5.88 Å². The van der Waals surface area contributed by atoms with Crippen molar-refractivity contribution in [3.63, 3.8) is 0 Å². The molecule has 0 spiro atoms. The summed E-state index contributed by atoms with van der Waals surface area (Å²) in [6, 6.07) is 7.08. The molecule has 1 aliphatic rings. The van der Waals surface area contributed by atoms with Crippen molar-refractivity contribution in [3.05, 3.63) is 54.0 Å². The van der Waals surface area contributed by atoms with Crippen LogP contribution in [0.5, 0.6) is 5.88 Å². The van der Waals surface area contributed by atoms with E-state index in [2.05, 4.69) is 9.97 Å². The zero-order valence-electron chi connectivity index (χ0n) is 11.8. The van der Waals surface area contributed by atoms with Gasteiger partial charge in [0.15, 0.2) is 0 Å². The molecule has 0 unspecified atom stereocenters. The third kappa shape index (κ3) is 3.25. The fraction of sp³-hybridized carbons (Fsp3) is 0.267. The van der Waals surface area contributed by atoms with Gasteiger partial charge in [-0.25, -0.2) is 4.98 Å². The van der Waals surface area contributed by atoms with E-state index in [1.54, 1.807) is 18.2 Å². The van der Waals surface area contributed by atoms with Gasteiger partial charge in [0.2, 0.25) is 5.88 Å². The summed E-state index contributed by atoms with van der Waals surface area (Å²) in [5.41, 5.74) is -0.630. The minimum absolute atomic E-state index is 0.198. The van der Waals surface area contributed by atoms with Crippen LogP contribution in [0.3, 0.4) is 0 Å². The highest BCUT2D eigenvalue weighted by atomic mass is 19.4. The van der Waals surface area contributed by atoms with Gasteiger partial charge in [0.25, 0.3) is 5.91 Å². The highest BCUT2D eigenvalue weighted by molar-refractivity contribution is 5.92. The Labute approximate surface area is 129 Å². The molecule has 0 bridgehead atoms. The van der Waals surface area contributed by atoms with Crippen LogP contribution in [0.2, 0.25) is 0 Å². The number of carbonyl (C=O) groups is 1. The summed E-state index contributed by atoms with van der Waals surface area (Å²) < 4.78 is 43.8. The molecule has 0 atom stereocenters. The van der Waals surface area contributed by atoms with Crippen molar-refractivity contribution >= 4 is 5.91 Å². The number of hydrogen-bond donors (Lipinski definition) is 0. The highest BCUT2D eigenvalue weighted by Gasteiger charge is 2.38. The average Bonchev–Trinajstić information content (AvgIpc) is 2.50. The quantitative estimate of drug-likeness (QED) is 0.870. The Morgan fingerprint density at radius 1 is 1.13 bits per heavy atom. The number of alkyl halides is 3. The minimum atomic E-state index is -4.53. The molecule has 3 heterocycles. The van der Waals surface area contributed by atoms with Crippen LogP contribution in [-0.4, -0.2) is 40.0 Å². The molecule has 8 heteroatoms. The Bertz CT molecular complexity index is 701. The molecular formula is C15H12F3N3O2. The molecule has 1 amide bonds. The first-order valence-corrected chi connectivity index (χ1v) is 6.84. The predicted octanol–water partition coefficient (Wildman–Crippen LogP) is 2.40. The average molecular weight is 323 g/mol. The lowest BCUT2D eigenvalue weighted by Crippen LogP contribution is -2.56. The zero-order valence-corrected chi connectivity index (χ0v) is 11.8. The van der Waals surface area contributed by atoms with E-state index in [0.29, 0.717) is 5.69 Å². The largest absolute Gasteiger partial charge is 0.470 e. The Morgan fingerprint density at radius 3 is 2.52 bits per heavy atom. The third-order valence-electron chi connectivity index (χ3n) is 3.37. The van der Waals surface area contributed by atoms with E-state index in [1.807, 2.05) is 0 Å². The Morgan fingerprint density at radius 2 is 1.87 bits per heavy atom. The van der Waals surface area contributed by atoms with E-state index >= 15 is 0 Å². The maximum absolute atomic E-state index is 12.9. The molecule has 3 rings (SSSR count). The number of ether oxygens (including phenoxy) is 1. The summed E-state index contributed by atoms with van der Waals surface area (Å²) in [6.45, 7) is 0.395. The summed E-state index contributed by atoms with van der Waals surface area (Å²) in [4.78, 5) is 21.1. The normalized spacial score (nSPS) is 15.2. The summed E-state index contributed by atoms with van der Waals surface area (Å²) in [5, 5.41) is 0. The van der Waals surface area contributed by atoms with Crippen LogP contribution in [0.1, 0.15) is 16.1 Å². The SMILES string of the molecule is O=C(c1ccccn1)N1CC(Oc2ncccc2C(F)(F)F)C1. The van der Waals surface area contributed by atoms with Gasteiger partial charge >= 0.3 is 6.18 Å². The molecule has 0 aliphatic carbocycles. The van der Waals surface area contributed by atoms with Crippen LogP contribution >= 0.6 is 0 Å². The molecule has 120 valence electrons. The standard InChI is InChI=1S/C15H12F3N3O2/c16-15(17,18)11-4-3-7-20-13(11)23-10-8-21(9-10)14(22)12-5-1-2-6-19-12/h1-7,10H,8-9H2. The van der Waals surface area contributed by atoms with Crippen molar-refractivity contribution in [1.29, 1.82) is 0 Å². The van der Waals surface area contributed by atoms with Gasteiger partial charge in [-0.05, 0) is 24.3 Å². The van der Waals surface area contributed by atoms with Crippen molar-refractivity contribution < 1.29 is 22.7 Å². The number of amides is 1. The van der Waals surface area contributed by atoms with Gasteiger partial charge in [-0.3, -0.25) is 9.78 Å². The lowest BCUT2D eigenvalue weighted by molar-refractivity contribution is -0.140. The second-order valence-electron chi connectivity index (χ2n) is 5.02. The molecule has 2 aromatic rings. The second-order valence-corrected chi connectivity index (χ2v) is 5.02. The lowest BCUT2D eigenvalue weighted by atomic mass is 10.1. The third-order valence-corrected chi connectivity index (χ3v) is 3.37. The number of aromatic nitrogens is 2. The summed E-state index contributed by atoms with van der Waals surface area (Å²) in [5.74, 6) is -0.738. The van der Waals surface area contributed by atoms with Crippen molar-refractivity contribution in [1.82, 2.24) is 14.9 Å². The van der Waals surface area contributed by atoms with Gasteiger partial charge in [0, 0.05) is 12.4 Å². The van der Waals surface area contributed by atoms with E-state index in [0.717, 1.165) is 6.07 Å². The second kappa shape index (κ2) is 5.86. The highest BCUT2D eigenvalue weighted by Crippen LogP contribution is 2.35. The molecule has 23 heavy (non-hydrogen) atoms. The molecule has 5 nitrogen and oxygen atoms in total. The summed E-state index contributed by atoms with van der Waals surface area (Å²) in [6.07, 6.45) is -2.31. The smallest absolute Gasteiger partial charge is 0.421 e. The van der Waals surface area contributed by atoms with Gasteiger partial charge < -0.3 is 9.64 Å². The van der Waals surface area contributed by atoms with Crippen molar-refractivity contribution in [2.45, 2.75) is 12.3 Å².